The van der Waals surface area contributed by atoms with E-state index in [2.05, 4.69) is 21.2 Å². The predicted octanol–water partition coefficient (Wildman–Crippen LogP) is 2.06. The van der Waals surface area contributed by atoms with E-state index in [1.54, 1.807) is 14.0 Å². The van der Waals surface area contributed by atoms with Gasteiger partial charge in [0.15, 0.2) is 0 Å². The number of carbonyl (C=O) groups is 1. The van der Waals surface area contributed by atoms with E-state index in [1.165, 1.54) is 7.11 Å². The summed E-state index contributed by atoms with van der Waals surface area (Å²) in [6.45, 7) is 1.79. The zero-order chi connectivity index (χ0) is 11.5. The SMILES string of the molecule is CN[C@](C)(C(=O)OC)c1ccc(Br)cc1. The molecule has 0 bridgehead atoms. The van der Waals surface area contributed by atoms with Gasteiger partial charge in [0.05, 0.1) is 7.11 Å². The molecule has 0 aliphatic rings. The maximum atomic E-state index is 11.7. The Hall–Kier alpha value is -0.870. The van der Waals surface area contributed by atoms with Crippen molar-refractivity contribution in [2.24, 2.45) is 0 Å². The van der Waals surface area contributed by atoms with Gasteiger partial charge in [0, 0.05) is 4.47 Å². The molecule has 1 rings (SSSR count). The summed E-state index contributed by atoms with van der Waals surface area (Å²) in [6, 6.07) is 7.57. The molecule has 0 amide bonds. The second-order valence-electron chi connectivity index (χ2n) is 3.37. The molecule has 82 valence electrons. The van der Waals surface area contributed by atoms with Crippen LogP contribution >= 0.6 is 15.9 Å². The zero-order valence-electron chi connectivity index (χ0n) is 9.00. The number of rotatable bonds is 3. The summed E-state index contributed by atoms with van der Waals surface area (Å²) in [5, 5.41) is 2.98. The Morgan fingerprint density at radius 1 is 1.40 bits per heavy atom. The lowest BCUT2D eigenvalue weighted by Gasteiger charge is -2.26. The topological polar surface area (TPSA) is 38.3 Å². The highest BCUT2D eigenvalue weighted by Gasteiger charge is 2.34. The number of halogens is 1. The van der Waals surface area contributed by atoms with Crippen molar-refractivity contribution >= 4 is 21.9 Å². The van der Waals surface area contributed by atoms with Crippen molar-refractivity contribution < 1.29 is 9.53 Å². The molecule has 1 aromatic carbocycles. The predicted molar refractivity (Wildman–Crippen MR) is 62.6 cm³/mol. The molecular weight excluding hydrogens is 258 g/mol. The van der Waals surface area contributed by atoms with Gasteiger partial charge in [0.2, 0.25) is 0 Å². The number of methoxy groups -OCH3 is 1. The molecule has 0 unspecified atom stereocenters. The Morgan fingerprint density at radius 2 is 1.93 bits per heavy atom. The summed E-state index contributed by atoms with van der Waals surface area (Å²) >= 11 is 3.35. The van der Waals surface area contributed by atoms with Crippen LogP contribution in [0.5, 0.6) is 0 Å². The lowest BCUT2D eigenvalue weighted by molar-refractivity contribution is -0.148. The standard InChI is InChI=1S/C11H14BrNO2/c1-11(13-2,10(14)15-3)8-4-6-9(12)7-5-8/h4-7,13H,1-3H3/t11-/m0/s1. The third-order valence-electron chi connectivity index (χ3n) is 2.52. The molecule has 0 heterocycles. The van der Waals surface area contributed by atoms with Crippen LogP contribution in [-0.2, 0) is 15.1 Å². The smallest absolute Gasteiger partial charge is 0.330 e. The van der Waals surface area contributed by atoms with E-state index in [1.807, 2.05) is 24.3 Å². The van der Waals surface area contributed by atoms with Gasteiger partial charge in [-0.1, -0.05) is 28.1 Å². The van der Waals surface area contributed by atoms with Gasteiger partial charge >= 0.3 is 5.97 Å². The number of benzene rings is 1. The minimum absolute atomic E-state index is 0.299. The molecule has 0 fully saturated rings. The molecule has 0 spiro atoms. The van der Waals surface area contributed by atoms with E-state index in [-0.39, 0.29) is 5.97 Å². The Bertz CT molecular complexity index is 350. The first-order valence-corrected chi connectivity index (χ1v) is 5.37. The fourth-order valence-corrected chi connectivity index (χ4v) is 1.62. The van der Waals surface area contributed by atoms with Crippen LogP contribution in [0.1, 0.15) is 12.5 Å². The molecular formula is C11H14BrNO2. The van der Waals surface area contributed by atoms with Crippen molar-refractivity contribution in [3.05, 3.63) is 34.3 Å². The molecule has 1 atom stereocenters. The molecule has 0 saturated carbocycles. The van der Waals surface area contributed by atoms with Crippen molar-refractivity contribution in [3.8, 4) is 0 Å². The monoisotopic (exact) mass is 271 g/mol. The van der Waals surface area contributed by atoms with Gasteiger partial charge in [-0.05, 0) is 31.7 Å². The van der Waals surface area contributed by atoms with E-state index in [4.69, 9.17) is 4.74 Å². The average molecular weight is 272 g/mol. The highest BCUT2D eigenvalue weighted by molar-refractivity contribution is 9.10. The van der Waals surface area contributed by atoms with Gasteiger partial charge in [0.1, 0.15) is 5.54 Å². The molecule has 1 aromatic rings. The number of hydrogen-bond donors (Lipinski definition) is 1. The number of carbonyl (C=O) groups excluding carboxylic acids is 1. The fraction of sp³-hybridized carbons (Fsp3) is 0.364. The van der Waals surface area contributed by atoms with Crippen LogP contribution < -0.4 is 5.32 Å². The quantitative estimate of drug-likeness (QED) is 0.856. The van der Waals surface area contributed by atoms with Gasteiger partial charge in [-0.2, -0.15) is 0 Å². The lowest BCUT2D eigenvalue weighted by Crippen LogP contribution is -2.45. The molecule has 4 heteroatoms. The average Bonchev–Trinajstić information content (AvgIpc) is 2.27. The van der Waals surface area contributed by atoms with E-state index >= 15 is 0 Å². The van der Waals surface area contributed by atoms with Crippen molar-refractivity contribution in [2.45, 2.75) is 12.5 Å². The van der Waals surface area contributed by atoms with Crippen molar-refractivity contribution in [1.29, 1.82) is 0 Å². The first-order chi connectivity index (χ1) is 7.04. The maximum Gasteiger partial charge on any atom is 0.330 e. The van der Waals surface area contributed by atoms with Gasteiger partial charge in [-0.25, -0.2) is 4.79 Å². The molecule has 0 aliphatic heterocycles. The van der Waals surface area contributed by atoms with Crippen LogP contribution in [0.15, 0.2) is 28.7 Å². The molecule has 0 aliphatic carbocycles. The third-order valence-corrected chi connectivity index (χ3v) is 3.04. The van der Waals surface area contributed by atoms with Gasteiger partial charge in [-0.15, -0.1) is 0 Å². The van der Waals surface area contributed by atoms with Gasteiger partial charge in [0.25, 0.3) is 0 Å². The van der Waals surface area contributed by atoms with Crippen LogP contribution in [0.4, 0.5) is 0 Å². The molecule has 15 heavy (non-hydrogen) atoms. The number of nitrogens with one attached hydrogen (secondary N) is 1. The summed E-state index contributed by atoms with van der Waals surface area (Å²) < 4.78 is 5.76. The highest BCUT2D eigenvalue weighted by atomic mass is 79.9. The normalized spacial score (nSPS) is 14.4. The molecule has 0 aromatic heterocycles. The number of hydrogen-bond acceptors (Lipinski definition) is 3. The van der Waals surface area contributed by atoms with Crippen molar-refractivity contribution in [2.75, 3.05) is 14.2 Å². The second kappa shape index (κ2) is 4.77. The minimum Gasteiger partial charge on any atom is -0.467 e. The Morgan fingerprint density at radius 3 is 2.33 bits per heavy atom. The Kier molecular flexibility index (Phi) is 3.88. The first-order valence-electron chi connectivity index (χ1n) is 4.58. The second-order valence-corrected chi connectivity index (χ2v) is 4.29. The summed E-state index contributed by atoms with van der Waals surface area (Å²) in [4.78, 5) is 11.7. The number of likely N-dealkylation sites (N-methyl/N-ethyl adjacent to an activating group) is 1. The first kappa shape index (κ1) is 12.2. The molecule has 3 nitrogen and oxygen atoms in total. The number of ether oxygens (including phenoxy) is 1. The summed E-state index contributed by atoms with van der Waals surface area (Å²) in [7, 11) is 3.12. The van der Waals surface area contributed by atoms with Gasteiger partial charge in [-0.3, -0.25) is 0 Å². The fourth-order valence-electron chi connectivity index (χ4n) is 1.35. The Balaban J connectivity index is 3.11. The summed E-state index contributed by atoms with van der Waals surface area (Å²) in [6.07, 6.45) is 0. The largest absolute Gasteiger partial charge is 0.467 e. The van der Waals surface area contributed by atoms with Crippen LogP contribution in [0, 0.1) is 0 Å². The molecule has 1 N–H and O–H groups in total. The zero-order valence-corrected chi connectivity index (χ0v) is 10.6. The number of esters is 1. The minimum atomic E-state index is -0.796. The van der Waals surface area contributed by atoms with Crippen LogP contribution in [0.25, 0.3) is 0 Å². The van der Waals surface area contributed by atoms with Crippen molar-refractivity contribution in [1.82, 2.24) is 5.32 Å². The van der Waals surface area contributed by atoms with E-state index in [9.17, 15) is 4.79 Å². The Labute approximate surface area is 97.9 Å². The third kappa shape index (κ3) is 2.38. The molecule has 0 saturated heterocycles. The maximum absolute atomic E-state index is 11.7. The van der Waals surface area contributed by atoms with Gasteiger partial charge < -0.3 is 10.1 Å². The van der Waals surface area contributed by atoms with Crippen LogP contribution in [0.2, 0.25) is 0 Å². The molecule has 0 radical (unpaired) electrons. The van der Waals surface area contributed by atoms with E-state index in [0.717, 1.165) is 10.0 Å². The van der Waals surface area contributed by atoms with E-state index < -0.39 is 5.54 Å². The van der Waals surface area contributed by atoms with Crippen LogP contribution in [-0.4, -0.2) is 20.1 Å². The van der Waals surface area contributed by atoms with Crippen molar-refractivity contribution in [3.63, 3.8) is 0 Å². The highest BCUT2D eigenvalue weighted by Crippen LogP contribution is 2.23. The summed E-state index contributed by atoms with van der Waals surface area (Å²) in [5.74, 6) is -0.299. The van der Waals surface area contributed by atoms with Crippen LogP contribution in [0.3, 0.4) is 0 Å². The summed E-state index contributed by atoms with van der Waals surface area (Å²) in [5.41, 5.74) is 0.0789. The van der Waals surface area contributed by atoms with E-state index in [0.29, 0.717) is 0 Å². The lowest BCUT2D eigenvalue weighted by atomic mass is 9.92.